The fraction of sp³-hybridized carbons (Fsp3) is 0.529. The van der Waals surface area contributed by atoms with Crippen molar-refractivity contribution in [3.63, 3.8) is 0 Å². The van der Waals surface area contributed by atoms with Crippen LogP contribution in [0.15, 0.2) is 24.3 Å². The van der Waals surface area contributed by atoms with Crippen LogP contribution < -0.4 is 16.0 Å². The molecule has 0 aliphatic heterocycles. The summed E-state index contributed by atoms with van der Waals surface area (Å²) >= 11 is 0. The van der Waals surface area contributed by atoms with E-state index in [-0.39, 0.29) is 30.1 Å². The summed E-state index contributed by atoms with van der Waals surface area (Å²) < 4.78 is 0. The molecular formula is C17H26ClN3O2. The molecule has 1 fully saturated rings. The van der Waals surface area contributed by atoms with E-state index < -0.39 is 0 Å². The predicted octanol–water partition coefficient (Wildman–Crippen LogP) is 2.43. The molecule has 2 unspecified atom stereocenters. The van der Waals surface area contributed by atoms with Crippen LogP contribution >= 0.6 is 12.4 Å². The van der Waals surface area contributed by atoms with E-state index in [9.17, 15) is 9.59 Å². The average molecular weight is 340 g/mol. The van der Waals surface area contributed by atoms with E-state index in [0.29, 0.717) is 18.0 Å². The van der Waals surface area contributed by atoms with Crippen molar-refractivity contribution in [3.8, 4) is 0 Å². The van der Waals surface area contributed by atoms with Crippen molar-refractivity contribution >= 4 is 29.9 Å². The lowest BCUT2D eigenvalue weighted by Crippen LogP contribution is -2.32. The predicted molar refractivity (Wildman–Crippen MR) is 95.1 cm³/mol. The van der Waals surface area contributed by atoms with Crippen LogP contribution in [0.4, 0.5) is 5.69 Å². The van der Waals surface area contributed by atoms with Crippen LogP contribution in [0.1, 0.15) is 37.0 Å². The molecular weight excluding hydrogens is 314 g/mol. The molecule has 0 spiro atoms. The second-order valence-corrected chi connectivity index (χ2v) is 5.89. The number of hydrogen-bond donors (Lipinski definition) is 3. The third-order valence-corrected chi connectivity index (χ3v) is 3.87. The maximum atomic E-state index is 11.9. The Labute approximate surface area is 144 Å². The van der Waals surface area contributed by atoms with Gasteiger partial charge < -0.3 is 16.0 Å². The van der Waals surface area contributed by atoms with Crippen LogP contribution in [-0.4, -0.2) is 31.4 Å². The monoisotopic (exact) mass is 339 g/mol. The highest BCUT2D eigenvalue weighted by atomic mass is 35.5. The lowest BCUT2D eigenvalue weighted by atomic mass is 10.2. The van der Waals surface area contributed by atoms with Gasteiger partial charge in [0.1, 0.15) is 0 Å². The fourth-order valence-corrected chi connectivity index (χ4v) is 2.30. The molecule has 1 aliphatic carbocycles. The van der Waals surface area contributed by atoms with Gasteiger partial charge in [-0.3, -0.25) is 9.59 Å². The molecule has 1 saturated carbocycles. The lowest BCUT2D eigenvalue weighted by molar-refractivity contribution is -0.117. The van der Waals surface area contributed by atoms with E-state index >= 15 is 0 Å². The van der Waals surface area contributed by atoms with Gasteiger partial charge in [0.15, 0.2) is 0 Å². The second-order valence-electron chi connectivity index (χ2n) is 5.89. The highest BCUT2D eigenvalue weighted by molar-refractivity contribution is 5.96. The van der Waals surface area contributed by atoms with Crippen molar-refractivity contribution < 1.29 is 9.59 Å². The van der Waals surface area contributed by atoms with Gasteiger partial charge in [-0.2, -0.15) is 0 Å². The quantitative estimate of drug-likeness (QED) is 0.637. The summed E-state index contributed by atoms with van der Waals surface area (Å²) in [7, 11) is 0. The van der Waals surface area contributed by atoms with E-state index in [0.717, 1.165) is 31.6 Å². The highest BCUT2D eigenvalue weighted by Crippen LogP contribution is 2.38. The van der Waals surface area contributed by atoms with E-state index in [1.54, 1.807) is 24.3 Å². The zero-order chi connectivity index (χ0) is 15.9. The van der Waals surface area contributed by atoms with Crippen LogP contribution in [0.5, 0.6) is 0 Å². The minimum atomic E-state index is -0.0907. The van der Waals surface area contributed by atoms with Crippen molar-refractivity contribution in [1.29, 1.82) is 0 Å². The van der Waals surface area contributed by atoms with Crippen LogP contribution in [0.2, 0.25) is 0 Å². The number of rotatable bonds is 8. The molecule has 1 aromatic carbocycles. The first-order chi connectivity index (χ1) is 10.6. The highest BCUT2D eigenvalue weighted by Gasteiger charge is 2.38. The van der Waals surface area contributed by atoms with Crippen molar-refractivity contribution in [2.45, 2.75) is 26.7 Å². The van der Waals surface area contributed by atoms with Crippen LogP contribution in [0.3, 0.4) is 0 Å². The maximum absolute atomic E-state index is 11.9. The Bertz CT molecular complexity index is 519. The molecule has 2 atom stereocenters. The summed E-state index contributed by atoms with van der Waals surface area (Å²) in [5.41, 5.74) is 1.35. The van der Waals surface area contributed by atoms with Gasteiger partial charge in [-0.25, -0.2) is 0 Å². The van der Waals surface area contributed by atoms with Crippen LogP contribution in [0, 0.1) is 11.8 Å². The zero-order valence-electron chi connectivity index (χ0n) is 13.7. The van der Waals surface area contributed by atoms with Gasteiger partial charge in [0.2, 0.25) is 5.91 Å². The fourth-order valence-electron chi connectivity index (χ4n) is 2.30. The second kappa shape index (κ2) is 9.53. The van der Waals surface area contributed by atoms with E-state index in [1.807, 2.05) is 0 Å². The number of carbonyl (C=O) groups excluding carboxylic acids is 2. The van der Waals surface area contributed by atoms with Crippen molar-refractivity contribution in [3.05, 3.63) is 29.8 Å². The molecule has 23 heavy (non-hydrogen) atoms. The Morgan fingerprint density at radius 1 is 1.13 bits per heavy atom. The normalized spacial score (nSPS) is 18.7. The van der Waals surface area contributed by atoms with Gasteiger partial charge in [-0.1, -0.05) is 13.8 Å². The molecule has 0 bridgehead atoms. The SMILES string of the molecule is CCCNCCNC(=O)c1ccc(NC(=O)C2CC2C)cc1.Cl. The van der Waals surface area contributed by atoms with Gasteiger partial charge in [0, 0.05) is 30.3 Å². The first-order valence-electron chi connectivity index (χ1n) is 8.01. The topological polar surface area (TPSA) is 70.2 Å². The van der Waals surface area contributed by atoms with Crippen LogP contribution in [0.25, 0.3) is 0 Å². The molecule has 0 radical (unpaired) electrons. The third-order valence-electron chi connectivity index (χ3n) is 3.87. The molecule has 0 saturated heterocycles. The Kier molecular flexibility index (Phi) is 8.06. The number of hydrogen-bond acceptors (Lipinski definition) is 3. The smallest absolute Gasteiger partial charge is 0.251 e. The molecule has 3 N–H and O–H groups in total. The number of anilines is 1. The zero-order valence-corrected chi connectivity index (χ0v) is 14.5. The van der Waals surface area contributed by atoms with E-state index in [4.69, 9.17) is 0 Å². The molecule has 0 heterocycles. The van der Waals surface area contributed by atoms with Gasteiger partial charge in [-0.05, 0) is 49.6 Å². The largest absolute Gasteiger partial charge is 0.351 e. The minimum Gasteiger partial charge on any atom is -0.351 e. The van der Waals surface area contributed by atoms with Crippen LogP contribution in [-0.2, 0) is 4.79 Å². The molecule has 1 aliphatic rings. The van der Waals surface area contributed by atoms with Gasteiger partial charge in [0.25, 0.3) is 5.91 Å². The van der Waals surface area contributed by atoms with Gasteiger partial charge in [-0.15, -0.1) is 12.4 Å². The Morgan fingerprint density at radius 3 is 2.35 bits per heavy atom. The number of nitrogens with one attached hydrogen (secondary N) is 3. The molecule has 2 rings (SSSR count). The standard InChI is InChI=1S/C17H25N3O2.ClH/c1-3-8-18-9-10-19-16(21)13-4-6-14(7-5-13)20-17(22)15-11-12(15)2;/h4-7,12,15,18H,3,8-11H2,1-2H3,(H,19,21)(H,20,22);1H. The molecule has 1 aromatic rings. The summed E-state index contributed by atoms with van der Waals surface area (Å²) in [5.74, 6) is 0.628. The van der Waals surface area contributed by atoms with E-state index in [2.05, 4.69) is 29.8 Å². The molecule has 0 aromatic heterocycles. The molecule has 6 heteroatoms. The number of carbonyl (C=O) groups is 2. The Balaban J connectivity index is 0.00000264. The van der Waals surface area contributed by atoms with E-state index in [1.165, 1.54) is 0 Å². The molecule has 5 nitrogen and oxygen atoms in total. The first-order valence-corrected chi connectivity index (χ1v) is 8.01. The Hall–Kier alpha value is -1.59. The summed E-state index contributed by atoms with van der Waals surface area (Å²) in [5, 5.41) is 8.98. The number of halogens is 1. The summed E-state index contributed by atoms with van der Waals surface area (Å²) in [6.07, 6.45) is 2.05. The van der Waals surface area contributed by atoms with Crippen molar-refractivity contribution in [2.24, 2.45) is 11.8 Å². The summed E-state index contributed by atoms with van der Waals surface area (Å²) in [6, 6.07) is 7.02. The summed E-state index contributed by atoms with van der Waals surface area (Å²) in [4.78, 5) is 23.8. The number of amides is 2. The van der Waals surface area contributed by atoms with Gasteiger partial charge >= 0.3 is 0 Å². The molecule has 2 amide bonds. The average Bonchev–Trinajstić information content (AvgIpc) is 3.25. The Morgan fingerprint density at radius 2 is 1.78 bits per heavy atom. The maximum Gasteiger partial charge on any atom is 0.251 e. The van der Waals surface area contributed by atoms with Crippen molar-refractivity contribution in [1.82, 2.24) is 10.6 Å². The molecule has 128 valence electrons. The lowest BCUT2D eigenvalue weighted by Gasteiger charge is -2.08. The van der Waals surface area contributed by atoms with Gasteiger partial charge in [0.05, 0.1) is 0 Å². The van der Waals surface area contributed by atoms with Crippen molar-refractivity contribution in [2.75, 3.05) is 25.0 Å². The third kappa shape index (κ3) is 6.20. The first kappa shape index (κ1) is 19.5. The number of benzene rings is 1. The summed E-state index contributed by atoms with van der Waals surface area (Å²) in [6.45, 7) is 6.52. The minimum absolute atomic E-state index is 0.